The predicted octanol–water partition coefficient (Wildman–Crippen LogP) is 5.49. The van der Waals surface area contributed by atoms with Crippen LogP contribution in [0.2, 0.25) is 0 Å². The van der Waals surface area contributed by atoms with E-state index >= 15 is 0 Å². The van der Waals surface area contributed by atoms with Crippen LogP contribution in [0.5, 0.6) is 0 Å². The van der Waals surface area contributed by atoms with Crippen molar-refractivity contribution in [1.29, 1.82) is 0 Å². The molecule has 4 heteroatoms. The molecule has 4 aliphatic rings. The number of hydrogen-bond donors (Lipinski definition) is 2. The Kier molecular flexibility index (Phi) is 6.21. The molecule has 2 N–H and O–H groups in total. The second-order valence-electron chi connectivity index (χ2n) is 12.6. The SMILES string of the molecule is C[C@@H]([C@@H]1CC[C@@H]2[C@@H]3CC[C@@H]4[C@H](O)C(NC(=O)c5ccccc5)=CC[C@]4(C)[C@H]3CC[C@@]21C)N(C)C. The van der Waals surface area contributed by atoms with Crippen molar-refractivity contribution < 1.29 is 9.90 Å². The summed E-state index contributed by atoms with van der Waals surface area (Å²) in [6.07, 6.45) is 10.2. The van der Waals surface area contributed by atoms with Crippen LogP contribution < -0.4 is 5.32 Å². The van der Waals surface area contributed by atoms with Crippen LogP contribution in [0, 0.1) is 40.4 Å². The second kappa shape index (κ2) is 8.78. The number of rotatable bonds is 4. The summed E-state index contributed by atoms with van der Waals surface area (Å²) in [5.74, 6) is 3.17. The Bertz CT molecular complexity index is 942. The Balaban J connectivity index is 1.35. The number of allylic oxidation sites excluding steroid dienone is 1. The minimum absolute atomic E-state index is 0.121. The molecule has 0 spiro atoms. The number of aliphatic hydroxyl groups is 1. The van der Waals surface area contributed by atoms with Gasteiger partial charge in [0.15, 0.2) is 0 Å². The molecule has 0 aromatic heterocycles. The van der Waals surface area contributed by atoms with Gasteiger partial charge in [-0.3, -0.25) is 4.79 Å². The molecule has 5 rings (SSSR count). The first-order chi connectivity index (χ1) is 16.2. The molecule has 3 saturated carbocycles. The Morgan fingerprint density at radius 1 is 1.00 bits per heavy atom. The van der Waals surface area contributed by atoms with Crippen molar-refractivity contribution >= 4 is 5.91 Å². The van der Waals surface area contributed by atoms with Gasteiger partial charge in [-0.25, -0.2) is 0 Å². The summed E-state index contributed by atoms with van der Waals surface area (Å²) in [4.78, 5) is 15.2. The zero-order chi connectivity index (χ0) is 24.3. The van der Waals surface area contributed by atoms with Gasteiger partial charge in [-0.1, -0.05) is 38.1 Å². The van der Waals surface area contributed by atoms with Gasteiger partial charge in [0.25, 0.3) is 5.91 Å². The summed E-state index contributed by atoms with van der Waals surface area (Å²) in [5.41, 5.74) is 1.93. The lowest BCUT2D eigenvalue weighted by Crippen LogP contribution is -2.57. The van der Waals surface area contributed by atoms with Gasteiger partial charge in [0.2, 0.25) is 0 Å². The molecule has 0 bridgehead atoms. The second-order valence-corrected chi connectivity index (χ2v) is 12.6. The van der Waals surface area contributed by atoms with Crippen LogP contribution in [-0.2, 0) is 0 Å². The van der Waals surface area contributed by atoms with E-state index in [0.717, 1.165) is 36.3 Å². The summed E-state index contributed by atoms with van der Waals surface area (Å²) in [7, 11) is 4.48. The first-order valence-electron chi connectivity index (χ1n) is 13.6. The summed E-state index contributed by atoms with van der Waals surface area (Å²) < 4.78 is 0. The smallest absolute Gasteiger partial charge is 0.255 e. The van der Waals surface area contributed by atoms with Crippen molar-refractivity contribution in [3.8, 4) is 0 Å². The van der Waals surface area contributed by atoms with E-state index in [1.54, 1.807) is 0 Å². The standard InChI is InChI=1S/C30H44N2O2/c1-19(32(4)5)22-13-14-23-21-11-12-25-27(33)26(31-28(34)20-9-7-6-8-10-20)16-18-30(25,3)24(21)15-17-29(22,23)2/h6-10,16,19,21-25,27,33H,11-15,17-18H2,1-5H3,(H,31,34)/t19-,21-,22-,23+,24-,25+,27-,29+,30+/m0/s1. The largest absolute Gasteiger partial charge is 0.387 e. The molecule has 1 amide bonds. The average molecular weight is 465 g/mol. The van der Waals surface area contributed by atoms with Gasteiger partial charge < -0.3 is 15.3 Å². The van der Waals surface area contributed by atoms with Crippen LogP contribution in [0.15, 0.2) is 42.1 Å². The number of carbonyl (C=O) groups is 1. The van der Waals surface area contributed by atoms with Crippen LogP contribution in [-0.4, -0.2) is 42.2 Å². The van der Waals surface area contributed by atoms with Crippen LogP contribution in [0.3, 0.4) is 0 Å². The van der Waals surface area contributed by atoms with Gasteiger partial charge in [-0.15, -0.1) is 0 Å². The Labute approximate surface area is 206 Å². The zero-order valence-corrected chi connectivity index (χ0v) is 21.8. The van der Waals surface area contributed by atoms with Crippen molar-refractivity contribution in [3.05, 3.63) is 47.7 Å². The normalized spacial score (nSPS) is 42.3. The highest BCUT2D eigenvalue weighted by Crippen LogP contribution is 2.67. The van der Waals surface area contributed by atoms with Gasteiger partial charge in [-0.2, -0.15) is 0 Å². The van der Waals surface area contributed by atoms with E-state index < -0.39 is 6.10 Å². The molecule has 0 saturated heterocycles. The number of aliphatic hydroxyl groups excluding tert-OH is 1. The van der Waals surface area contributed by atoms with Crippen molar-refractivity contribution in [2.75, 3.05) is 14.1 Å². The van der Waals surface area contributed by atoms with Crippen LogP contribution in [0.25, 0.3) is 0 Å². The quantitative estimate of drug-likeness (QED) is 0.619. The molecule has 0 unspecified atom stereocenters. The maximum absolute atomic E-state index is 12.8. The molecule has 186 valence electrons. The van der Waals surface area contributed by atoms with Crippen LogP contribution in [0.4, 0.5) is 0 Å². The fourth-order valence-electron chi connectivity index (χ4n) is 9.08. The maximum Gasteiger partial charge on any atom is 0.255 e. The Hall–Kier alpha value is -1.65. The molecular weight excluding hydrogens is 420 g/mol. The first-order valence-corrected chi connectivity index (χ1v) is 13.6. The molecule has 4 nitrogen and oxygen atoms in total. The van der Waals surface area contributed by atoms with Gasteiger partial charge in [-0.05, 0) is 119 Å². The fraction of sp³-hybridized carbons (Fsp3) is 0.700. The highest BCUT2D eigenvalue weighted by Gasteiger charge is 2.61. The van der Waals surface area contributed by atoms with Gasteiger partial charge in [0, 0.05) is 17.3 Å². The lowest BCUT2D eigenvalue weighted by Gasteiger charge is -2.61. The highest BCUT2D eigenvalue weighted by atomic mass is 16.3. The number of benzene rings is 1. The van der Waals surface area contributed by atoms with Crippen molar-refractivity contribution in [2.24, 2.45) is 40.4 Å². The minimum Gasteiger partial charge on any atom is -0.387 e. The van der Waals surface area contributed by atoms with E-state index in [2.05, 4.69) is 51.2 Å². The molecule has 0 radical (unpaired) electrons. The number of nitrogens with zero attached hydrogens (tertiary/aromatic N) is 1. The third kappa shape index (κ3) is 3.67. The molecule has 1 aromatic rings. The molecule has 4 aliphatic carbocycles. The molecule has 34 heavy (non-hydrogen) atoms. The van der Waals surface area contributed by atoms with E-state index in [1.807, 2.05) is 30.3 Å². The lowest BCUT2D eigenvalue weighted by molar-refractivity contribution is -0.125. The number of carbonyl (C=O) groups excluding carboxylic acids is 1. The van der Waals surface area contributed by atoms with Gasteiger partial charge in [0.1, 0.15) is 0 Å². The van der Waals surface area contributed by atoms with E-state index in [9.17, 15) is 9.90 Å². The van der Waals surface area contributed by atoms with Crippen molar-refractivity contribution in [1.82, 2.24) is 10.2 Å². The molecule has 1 aromatic carbocycles. The maximum atomic E-state index is 12.8. The lowest BCUT2D eigenvalue weighted by atomic mass is 9.44. The molecule has 0 aliphatic heterocycles. The summed E-state index contributed by atoms with van der Waals surface area (Å²) >= 11 is 0. The Morgan fingerprint density at radius 3 is 2.38 bits per heavy atom. The van der Waals surface area contributed by atoms with Crippen LogP contribution in [0.1, 0.15) is 76.1 Å². The molecular formula is C30H44N2O2. The minimum atomic E-state index is -0.578. The predicted molar refractivity (Wildman–Crippen MR) is 137 cm³/mol. The number of fused-ring (bicyclic) bond motifs is 5. The zero-order valence-electron chi connectivity index (χ0n) is 21.8. The summed E-state index contributed by atoms with van der Waals surface area (Å²) in [5, 5.41) is 14.5. The molecule has 0 heterocycles. The average Bonchev–Trinajstić information content (AvgIpc) is 3.18. The van der Waals surface area contributed by atoms with E-state index in [4.69, 9.17) is 0 Å². The first kappa shape index (κ1) is 24.1. The molecule has 3 fully saturated rings. The number of hydrogen-bond acceptors (Lipinski definition) is 3. The third-order valence-electron chi connectivity index (χ3n) is 11.2. The fourth-order valence-corrected chi connectivity index (χ4v) is 9.08. The summed E-state index contributed by atoms with van der Waals surface area (Å²) in [6, 6.07) is 9.95. The van der Waals surface area contributed by atoms with Crippen molar-refractivity contribution in [2.45, 2.75) is 77.9 Å². The number of nitrogens with one attached hydrogen (secondary N) is 1. The van der Waals surface area contributed by atoms with Gasteiger partial charge in [0.05, 0.1) is 6.10 Å². The molecule has 9 atom stereocenters. The van der Waals surface area contributed by atoms with E-state index in [0.29, 0.717) is 22.9 Å². The van der Waals surface area contributed by atoms with Crippen LogP contribution >= 0.6 is 0 Å². The van der Waals surface area contributed by atoms with Gasteiger partial charge >= 0.3 is 0 Å². The number of amides is 1. The topological polar surface area (TPSA) is 52.6 Å². The van der Waals surface area contributed by atoms with E-state index in [1.165, 1.54) is 32.1 Å². The monoisotopic (exact) mass is 464 g/mol. The third-order valence-corrected chi connectivity index (χ3v) is 11.2. The van der Waals surface area contributed by atoms with Crippen molar-refractivity contribution in [3.63, 3.8) is 0 Å². The highest BCUT2D eigenvalue weighted by molar-refractivity contribution is 5.95. The summed E-state index contributed by atoms with van der Waals surface area (Å²) in [6.45, 7) is 7.48. The Morgan fingerprint density at radius 2 is 1.68 bits per heavy atom. The van der Waals surface area contributed by atoms with E-state index in [-0.39, 0.29) is 17.2 Å².